The molecule has 0 aliphatic carbocycles. The molecule has 0 saturated carbocycles. The summed E-state index contributed by atoms with van der Waals surface area (Å²) in [6.07, 6.45) is 0.922. The first-order chi connectivity index (χ1) is 10.1. The maximum Gasteiger partial charge on any atom is 0.248 e. The van der Waals surface area contributed by atoms with Gasteiger partial charge in [0.05, 0.1) is 6.10 Å². The summed E-state index contributed by atoms with van der Waals surface area (Å²) in [7, 11) is 1.73. The average Bonchev–Trinajstić information content (AvgIpc) is 3.12. The van der Waals surface area contributed by atoms with E-state index in [0.717, 1.165) is 5.56 Å². The van der Waals surface area contributed by atoms with Crippen LogP contribution in [0.25, 0.3) is 11.5 Å². The summed E-state index contributed by atoms with van der Waals surface area (Å²) in [5, 5.41) is 21.0. The van der Waals surface area contributed by atoms with Gasteiger partial charge in [0, 0.05) is 37.4 Å². The van der Waals surface area contributed by atoms with Gasteiger partial charge in [-0.3, -0.25) is 4.79 Å². The van der Waals surface area contributed by atoms with E-state index in [0.29, 0.717) is 37.6 Å². The Morgan fingerprint density at radius 1 is 1.52 bits per heavy atom. The zero-order chi connectivity index (χ0) is 15.2. The number of rotatable bonds is 7. The molecule has 0 aliphatic heterocycles. The Morgan fingerprint density at radius 2 is 2.33 bits per heavy atom. The Bertz CT molecular complexity index is 566. The first kappa shape index (κ1) is 15.7. The third kappa shape index (κ3) is 4.64. The van der Waals surface area contributed by atoms with Crippen molar-refractivity contribution in [3.05, 3.63) is 22.7 Å². The Labute approximate surface area is 127 Å². The summed E-state index contributed by atoms with van der Waals surface area (Å²) in [6, 6.07) is 1.91. The Balaban J connectivity index is 1.81. The molecule has 1 unspecified atom stereocenters. The minimum atomic E-state index is -0.399. The van der Waals surface area contributed by atoms with E-state index >= 15 is 0 Å². The lowest BCUT2D eigenvalue weighted by atomic mass is 10.2. The molecule has 0 aliphatic rings. The molecule has 0 radical (unpaired) electrons. The van der Waals surface area contributed by atoms with Gasteiger partial charge < -0.3 is 14.4 Å². The van der Waals surface area contributed by atoms with Crippen LogP contribution in [0.15, 0.2) is 21.2 Å². The van der Waals surface area contributed by atoms with Gasteiger partial charge in [0.1, 0.15) is 0 Å². The number of thiophene rings is 1. The molecule has 2 aromatic rings. The van der Waals surface area contributed by atoms with E-state index < -0.39 is 6.10 Å². The molecule has 0 fully saturated rings. The van der Waals surface area contributed by atoms with E-state index in [1.165, 1.54) is 0 Å². The minimum Gasteiger partial charge on any atom is -0.421 e. The molecule has 2 rings (SSSR count). The second kappa shape index (κ2) is 7.33. The number of nitrogens with zero attached hydrogens (tertiary/aromatic N) is 3. The highest BCUT2D eigenvalue weighted by molar-refractivity contribution is 7.08. The fourth-order valence-electron chi connectivity index (χ4n) is 1.77. The molecule has 0 aromatic carbocycles. The van der Waals surface area contributed by atoms with E-state index in [1.54, 1.807) is 30.2 Å². The van der Waals surface area contributed by atoms with Crippen LogP contribution in [0.3, 0.4) is 0 Å². The number of aryl methyl sites for hydroxylation is 1. The van der Waals surface area contributed by atoms with Crippen LogP contribution in [-0.4, -0.2) is 45.8 Å². The van der Waals surface area contributed by atoms with E-state index in [-0.39, 0.29) is 5.91 Å². The van der Waals surface area contributed by atoms with Crippen LogP contribution in [0.1, 0.15) is 25.7 Å². The monoisotopic (exact) mass is 309 g/mol. The second-order valence-electron chi connectivity index (χ2n) is 4.97. The maximum atomic E-state index is 11.9. The van der Waals surface area contributed by atoms with Crippen molar-refractivity contribution in [3.8, 4) is 11.5 Å². The summed E-state index contributed by atoms with van der Waals surface area (Å²) in [4.78, 5) is 13.5. The van der Waals surface area contributed by atoms with Gasteiger partial charge in [-0.2, -0.15) is 11.3 Å². The third-order valence-corrected chi connectivity index (χ3v) is 3.78. The van der Waals surface area contributed by atoms with Crippen LogP contribution in [0.5, 0.6) is 0 Å². The summed E-state index contributed by atoms with van der Waals surface area (Å²) in [6.45, 7) is 2.25. The molecule has 2 aromatic heterocycles. The summed E-state index contributed by atoms with van der Waals surface area (Å²) in [5.41, 5.74) is 0.902. The standard InChI is InChI=1S/C14H19N3O3S/c1-10(18)5-7-17(2)13(19)4-3-12-15-16-14(20-12)11-6-8-21-9-11/h6,8-10,18H,3-5,7H2,1-2H3. The molecule has 1 N–H and O–H groups in total. The van der Waals surface area contributed by atoms with Crippen molar-refractivity contribution in [2.45, 2.75) is 32.3 Å². The number of hydrogen-bond donors (Lipinski definition) is 1. The Kier molecular flexibility index (Phi) is 5.46. The van der Waals surface area contributed by atoms with Gasteiger partial charge in [0.15, 0.2) is 0 Å². The van der Waals surface area contributed by atoms with Crippen LogP contribution in [-0.2, 0) is 11.2 Å². The molecule has 2 heterocycles. The van der Waals surface area contributed by atoms with E-state index in [4.69, 9.17) is 4.42 Å². The van der Waals surface area contributed by atoms with Crippen molar-refractivity contribution < 1.29 is 14.3 Å². The minimum absolute atomic E-state index is 0.00549. The number of carbonyl (C=O) groups excluding carboxylic acids is 1. The molecule has 114 valence electrons. The number of aliphatic hydroxyl groups excluding tert-OH is 1. The quantitative estimate of drug-likeness (QED) is 0.845. The highest BCUT2D eigenvalue weighted by Crippen LogP contribution is 2.20. The van der Waals surface area contributed by atoms with Crippen LogP contribution in [0.4, 0.5) is 0 Å². The van der Waals surface area contributed by atoms with Crippen LogP contribution >= 0.6 is 11.3 Å². The van der Waals surface area contributed by atoms with Crippen LogP contribution in [0, 0.1) is 0 Å². The van der Waals surface area contributed by atoms with Crippen molar-refractivity contribution in [3.63, 3.8) is 0 Å². The first-order valence-electron chi connectivity index (χ1n) is 6.83. The molecule has 0 saturated heterocycles. The highest BCUT2D eigenvalue weighted by Gasteiger charge is 2.13. The zero-order valence-electron chi connectivity index (χ0n) is 12.2. The molecule has 1 atom stereocenters. The molecule has 21 heavy (non-hydrogen) atoms. The molecule has 1 amide bonds. The molecule has 0 bridgehead atoms. The number of aliphatic hydroxyl groups is 1. The van der Waals surface area contributed by atoms with Gasteiger partial charge in [-0.1, -0.05) is 0 Å². The smallest absolute Gasteiger partial charge is 0.248 e. The van der Waals surface area contributed by atoms with Crippen molar-refractivity contribution in [2.75, 3.05) is 13.6 Å². The van der Waals surface area contributed by atoms with Crippen molar-refractivity contribution >= 4 is 17.2 Å². The van der Waals surface area contributed by atoms with Crippen LogP contribution in [0.2, 0.25) is 0 Å². The fraction of sp³-hybridized carbons (Fsp3) is 0.500. The topological polar surface area (TPSA) is 79.5 Å². The number of carbonyl (C=O) groups is 1. The van der Waals surface area contributed by atoms with E-state index in [9.17, 15) is 9.90 Å². The molecular weight excluding hydrogens is 290 g/mol. The Hall–Kier alpha value is -1.73. The number of hydrogen-bond acceptors (Lipinski definition) is 6. The molecule has 0 spiro atoms. The number of amides is 1. The van der Waals surface area contributed by atoms with Gasteiger partial charge in [0.2, 0.25) is 17.7 Å². The van der Waals surface area contributed by atoms with Gasteiger partial charge in [-0.05, 0) is 24.8 Å². The first-order valence-corrected chi connectivity index (χ1v) is 7.77. The average molecular weight is 309 g/mol. The molecule has 7 heteroatoms. The lowest BCUT2D eigenvalue weighted by molar-refractivity contribution is -0.130. The maximum absolute atomic E-state index is 11.9. The SMILES string of the molecule is CC(O)CCN(C)C(=O)CCc1nnc(-c2ccsc2)o1. The summed E-state index contributed by atoms with van der Waals surface area (Å²) >= 11 is 1.56. The molecule has 6 nitrogen and oxygen atoms in total. The Morgan fingerprint density at radius 3 is 3.00 bits per heavy atom. The summed E-state index contributed by atoms with van der Waals surface area (Å²) in [5.74, 6) is 0.959. The van der Waals surface area contributed by atoms with E-state index in [1.807, 2.05) is 16.8 Å². The fourth-order valence-corrected chi connectivity index (χ4v) is 2.40. The van der Waals surface area contributed by atoms with E-state index in [2.05, 4.69) is 10.2 Å². The van der Waals surface area contributed by atoms with Crippen molar-refractivity contribution in [1.82, 2.24) is 15.1 Å². The number of aromatic nitrogens is 2. The van der Waals surface area contributed by atoms with Gasteiger partial charge in [0.25, 0.3) is 0 Å². The predicted molar refractivity (Wildman–Crippen MR) is 79.9 cm³/mol. The second-order valence-corrected chi connectivity index (χ2v) is 5.75. The summed E-state index contributed by atoms with van der Waals surface area (Å²) < 4.78 is 5.53. The van der Waals surface area contributed by atoms with Crippen molar-refractivity contribution in [2.24, 2.45) is 0 Å². The van der Waals surface area contributed by atoms with Gasteiger partial charge in [-0.15, -0.1) is 10.2 Å². The predicted octanol–water partition coefficient (Wildman–Crippen LogP) is 1.96. The zero-order valence-corrected chi connectivity index (χ0v) is 13.0. The normalized spacial score (nSPS) is 12.3. The lowest BCUT2D eigenvalue weighted by Gasteiger charge is -2.17. The van der Waals surface area contributed by atoms with Crippen molar-refractivity contribution in [1.29, 1.82) is 0 Å². The largest absolute Gasteiger partial charge is 0.421 e. The lowest BCUT2D eigenvalue weighted by Crippen LogP contribution is -2.29. The third-order valence-electron chi connectivity index (χ3n) is 3.10. The highest BCUT2D eigenvalue weighted by atomic mass is 32.1. The molecular formula is C14H19N3O3S. The van der Waals surface area contributed by atoms with Gasteiger partial charge >= 0.3 is 0 Å². The van der Waals surface area contributed by atoms with Gasteiger partial charge in [-0.25, -0.2) is 0 Å². The van der Waals surface area contributed by atoms with Crippen LogP contribution < -0.4 is 0 Å².